The molecule has 0 fully saturated rings. The molecule has 0 aliphatic rings. The highest BCUT2D eigenvalue weighted by atomic mass is 35.5. The Balaban J connectivity index is 2.20. The molecule has 0 unspecified atom stereocenters. The summed E-state index contributed by atoms with van der Waals surface area (Å²) in [6.45, 7) is 4.80. The molecule has 0 saturated carbocycles. The van der Waals surface area contributed by atoms with E-state index in [0.29, 0.717) is 23.1 Å². The molecule has 0 atom stereocenters. The molecule has 2 aromatic rings. The van der Waals surface area contributed by atoms with E-state index in [4.69, 9.17) is 21.1 Å². The van der Waals surface area contributed by atoms with Crippen LogP contribution in [-0.2, 0) is 6.54 Å². The van der Waals surface area contributed by atoms with Crippen molar-refractivity contribution in [1.29, 1.82) is 0 Å². The minimum absolute atomic E-state index is 0.569. The molecular formula is C17H20ClNO2. The van der Waals surface area contributed by atoms with Gasteiger partial charge in [-0.15, -0.1) is 0 Å². The van der Waals surface area contributed by atoms with Crippen LogP contribution < -0.4 is 14.8 Å². The molecule has 0 amide bonds. The predicted molar refractivity (Wildman–Crippen MR) is 87.8 cm³/mol. The maximum Gasteiger partial charge on any atom is 0.179 e. The summed E-state index contributed by atoms with van der Waals surface area (Å²) in [6.07, 6.45) is 0. The molecule has 2 aromatic carbocycles. The summed E-state index contributed by atoms with van der Waals surface area (Å²) in [5.74, 6) is 1.21. The number of benzene rings is 2. The first-order valence-electron chi connectivity index (χ1n) is 6.77. The quantitative estimate of drug-likeness (QED) is 0.876. The van der Waals surface area contributed by atoms with E-state index in [1.807, 2.05) is 12.1 Å². The fraction of sp³-hybridized carbons (Fsp3) is 0.294. The van der Waals surface area contributed by atoms with Crippen molar-refractivity contribution < 1.29 is 9.47 Å². The summed E-state index contributed by atoms with van der Waals surface area (Å²) in [5, 5.41) is 3.98. The van der Waals surface area contributed by atoms with Gasteiger partial charge in [0, 0.05) is 12.2 Å². The van der Waals surface area contributed by atoms with Gasteiger partial charge in [0.25, 0.3) is 0 Å². The average molecular weight is 306 g/mol. The fourth-order valence-electron chi connectivity index (χ4n) is 2.27. The molecule has 0 aliphatic heterocycles. The van der Waals surface area contributed by atoms with Crippen LogP contribution in [0, 0.1) is 13.8 Å². The van der Waals surface area contributed by atoms with Crippen LogP contribution in [0.3, 0.4) is 0 Å². The van der Waals surface area contributed by atoms with Crippen LogP contribution >= 0.6 is 11.6 Å². The monoisotopic (exact) mass is 305 g/mol. The van der Waals surface area contributed by atoms with E-state index in [2.05, 4.69) is 37.4 Å². The fourth-order valence-corrected chi connectivity index (χ4v) is 2.57. The molecule has 2 rings (SSSR count). The van der Waals surface area contributed by atoms with Gasteiger partial charge in [-0.3, -0.25) is 0 Å². The van der Waals surface area contributed by atoms with Gasteiger partial charge in [0.15, 0.2) is 11.5 Å². The summed E-state index contributed by atoms with van der Waals surface area (Å²) >= 11 is 6.38. The number of anilines is 1. The summed E-state index contributed by atoms with van der Waals surface area (Å²) in [7, 11) is 3.19. The first kappa shape index (κ1) is 15.5. The van der Waals surface area contributed by atoms with E-state index < -0.39 is 0 Å². The predicted octanol–water partition coefficient (Wildman–Crippen LogP) is 4.59. The van der Waals surface area contributed by atoms with Gasteiger partial charge < -0.3 is 14.8 Å². The maximum atomic E-state index is 6.38. The Morgan fingerprint density at radius 2 is 1.81 bits per heavy atom. The third-order valence-electron chi connectivity index (χ3n) is 3.42. The number of rotatable bonds is 5. The number of halogens is 1. The summed E-state index contributed by atoms with van der Waals surface area (Å²) in [6, 6.07) is 10.1. The summed E-state index contributed by atoms with van der Waals surface area (Å²) in [4.78, 5) is 0. The molecule has 0 aromatic heterocycles. The zero-order valence-electron chi connectivity index (χ0n) is 12.8. The number of methoxy groups -OCH3 is 2. The van der Waals surface area contributed by atoms with Crippen molar-refractivity contribution in [2.24, 2.45) is 0 Å². The lowest BCUT2D eigenvalue weighted by atomic mass is 10.1. The zero-order valence-corrected chi connectivity index (χ0v) is 13.5. The molecule has 0 saturated heterocycles. The highest BCUT2D eigenvalue weighted by molar-refractivity contribution is 6.33. The Labute approximate surface area is 130 Å². The van der Waals surface area contributed by atoms with Gasteiger partial charge in [-0.25, -0.2) is 0 Å². The van der Waals surface area contributed by atoms with Crippen molar-refractivity contribution in [3.05, 3.63) is 52.0 Å². The van der Waals surface area contributed by atoms with Crippen LogP contribution in [-0.4, -0.2) is 14.2 Å². The van der Waals surface area contributed by atoms with E-state index in [-0.39, 0.29) is 0 Å². The van der Waals surface area contributed by atoms with Crippen LogP contribution in [0.2, 0.25) is 5.02 Å². The van der Waals surface area contributed by atoms with Crippen LogP contribution in [0.4, 0.5) is 5.69 Å². The van der Waals surface area contributed by atoms with Gasteiger partial charge in [0.05, 0.1) is 19.2 Å². The summed E-state index contributed by atoms with van der Waals surface area (Å²) < 4.78 is 10.6. The first-order chi connectivity index (χ1) is 10.1. The van der Waals surface area contributed by atoms with Gasteiger partial charge in [-0.2, -0.15) is 0 Å². The van der Waals surface area contributed by atoms with E-state index >= 15 is 0 Å². The van der Waals surface area contributed by atoms with Crippen molar-refractivity contribution in [2.45, 2.75) is 20.4 Å². The SMILES string of the molecule is COc1ccc(CNc2ccc(C)cc2C)c(Cl)c1OC. The molecule has 0 spiro atoms. The Morgan fingerprint density at radius 3 is 2.43 bits per heavy atom. The van der Waals surface area contributed by atoms with Crippen LogP contribution in [0.15, 0.2) is 30.3 Å². The molecule has 21 heavy (non-hydrogen) atoms. The standard InChI is InChI=1S/C17H20ClNO2/c1-11-5-7-14(12(2)9-11)19-10-13-6-8-15(20-3)17(21-4)16(13)18/h5-9,19H,10H2,1-4H3. The normalized spacial score (nSPS) is 10.3. The lowest BCUT2D eigenvalue weighted by Crippen LogP contribution is -2.03. The Morgan fingerprint density at radius 1 is 1.05 bits per heavy atom. The van der Waals surface area contributed by atoms with E-state index in [1.165, 1.54) is 11.1 Å². The van der Waals surface area contributed by atoms with Gasteiger partial charge in [0.2, 0.25) is 0 Å². The van der Waals surface area contributed by atoms with Crippen molar-refractivity contribution in [3.63, 3.8) is 0 Å². The minimum Gasteiger partial charge on any atom is -0.493 e. The van der Waals surface area contributed by atoms with Crippen LogP contribution in [0.5, 0.6) is 11.5 Å². The van der Waals surface area contributed by atoms with E-state index in [9.17, 15) is 0 Å². The second-order valence-corrected chi connectivity index (χ2v) is 5.32. The Hall–Kier alpha value is -1.87. The molecule has 4 heteroatoms. The molecule has 0 heterocycles. The van der Waals surface area contributed by atoms with Gasteiger partial charge in [-0.05, 0) is 37.1 Å². The topological polar surface area (TPSA) is 30.5 Å². The molecule has 1 N–H and O–H groups in total. The number of ether oxygens (including phenoxy) is 2. The van der Waals surface area contributed by atoms with Crippen LogP contribution in [0.1, 0.15) is 16.7 Å². The van der Waals surface area contributed by atoms with E-state index in [1.54, 1.807) is 14.2 Å². The molecule has 3 nitrogen and oxygen atoms in total. The van der Waals surface area contributed by atoms with Gasteiger partial charge in [-0.1, -0.05) is 35.4 Å². The average Bonchev–Trinajstić information content (AvgIpc) is 2.47. The van der Waals surface area contributed by atoms with Crippen molar-refractivity contribution in [1.82, 2.24) is 0 Å². The smallest absolute Gasteiger partial charge is 0.179 e. The number of aryl methyl sites for hydroxylation is 2. The molecule has 0 bridgehead atoms. The van der Waals surface area contributed by atoms with Gasteiger partial charge in [0.1, 0.15) is 0 Å². The summed E-state index contributed by atoms with van der Waals surface area (Å²) in [5.41, 5.74) is 4.54. The lowest BCUT2D eigenvalue weighted by Gasteiger charge is -2.15. The van der Waals surface area contributed by atoms with Crippen molar-refractivity contribution in [3.8, 4) is 11.5 Å². The molecule has 112 valence electrons. The van der Waals surface area contributed by atoms with Crippen LogP contribution in [0.25, 0.3) is 0 Å². The first-order valence-corrected chi connectivity index (χ1v) is 7.15. The third kappa shape index (κ3) is 3.42. The highest BCUT2D eigenvalue weighted by Crippen LogP contribution is 2.37. The molecule has 0 radical (unpaired) electrons. The largest absolute Gasteiger partial charge is 0.493 e. The Kier molecular flexibility index (Phi) is 4.97. The number of hydrogen-bond donors (Lipinski definition) is 1. The second kappa shape index (κ2) is 6.72. The zero-order chi connectivity index (χ0) is 15.4. The van der Waals surface area contributed by atoms with E-state index in [0.717, 1.165) is 11.3 Å². The third-order valence-corrected chi connectivity index (χ3v) is 3.83. The second-order valence-electron chi connectivity index (χ2n) is 4.95. The number of hydrogen-bond acceptors (Lipinski definition) is 3. The minimum atomic E-state index is 0.569. The highest BCUT2D eigenvalue weighted by Gasteiger charge is 2.13. The molecular weight excluding hydrogens is 286 g/mol. The Bertz CT molecular complexity index is 641. The molecule has 0 aliphatic carbocycles. The lowest BCUT2D eigenvalue weighted by molar-refractivity contribution is 0.355. The van der Waals surface area contributed by atoms with Crippen molar-refractivity contribution in [2.75, 3.05) is 19.5 Å². The van der Waals surface area contributed by atoms with Gasteiger partial charge >= 0.3 is 0 Å². The number of nitrogens with one attached hydrogen (secondary N) is 1. The van der Waals surface area contributed by atoms with Crippen molar-refractivity contribution >= 4 is 17.3 Å². The maximum absolute atomic E-state index is 6.38.